The lowest BCUT2D eigenvalue weighted by atomic mass is 10.3. The number of urea groups is 1. The van der Waals surface area contributed by atoms with Gasteiger partial charge in [0.1, 0.15) is 5.75 Å². The zero-order valence-corrected chi connectivity index (χ0v) is 10.6. The van der Waals surface area contributed by atoms with Gasteiger partial charge < -0.3 is 15.0 Å². The van der Waals surface area contributed by atoms with Crippen LogP contribution in [0.2, 0.25) is 0 Å². The maximum absolute atomic E-state index is 12.1. The highest BCUT2D eigenvalue weighted by atomic mass is 19.4. The number of nitrogens with one attached hydrogen (secondary N) is 1. The van der Waals surface area contributed by atoms with E-state index in [-0.39, 0.29) is 17.5 Å². The highest BCUT2D eigenvalue weighted by Crippen LogP contribution is 2.25. The first-order valence-electron chi connectivity index (χ1n) is 5.77. The van der Waals surface area contributed by atoms with Crippen LogP contribution in [0.15, 0.2) is 24.3 Å². The second kappa shape index (κ2) is 6.31. The van der Waals surface area contributed by atoms with E-state index < -0.39 is 6.36 Å². The van der Waals surface area contributed by atoms with Gasteiger partial charge in [-0.2, -0.15) is 0 Å². The van der Waals surface area contributed by atoms with Crippen LogP contribution in [0.4, 0.5) is 23.7 Å². The summed E-state index contributed by atoms with van der Waals surface area (Å²) in [6.07, 6.45) is -4.75. The molecule has 1 aromatic rings. The number of alkyl halides is 3. The summed E-state index contributed by atoms with van der Waals surface area (Å²) in [5.41, 5.74) is 0.249. The SMILES string of the molecule is CCN(CC)C(=O)Nc1cccc(OC(F)(F)F)c1. The number of nitrogens with zero attached hydrogens (tertiary/aromatic N) is 1. The van der Waals surface area contributed by atoms with Crippen molar-refractivity contribution in [2.75, 3.05) is 18.4 Å². The van der Waals surface area contributed by atoms with Crippen LogP contribution in [0.3, 0.4) is 0 Å². The van der Waals surface area contributed by atoms with E-state index in [1.54, 1.807) is 0 Å². The first kappa shape index (κ1) is 15.1. The first-order chi connectivity index (χ1) is 8.85. The minimum atomic E-state index is -4.75. The van der Waals surface area contributed by atoms with Gasteiger partial charge in [-0.25, -0.2) is 4.79 Å². The number of halogens is 3. The standard InChI is InChI=1S/C12H15F3N2O2/c1-3-17(4-2)11(18)16-9-6-5-7-10(8-9)19-12(13,14)15/h5-8H,3-4H2,1-2H3,(H,16,18). The van der Waals surface area contributed by atoms with Gasteiger partial charge in [0.05, 0.1) is 0 Å². The van der Waals surface area contributed by atoms with Crippen molar-refractivity contribution in [1.29, 1.82) is 0 Å². The summed E-state index contributed by atoms with van der Waals surface area (Å²) in [6.45, 7) is 4.65. The lowest BCUT2D eigenvalue weighted by Crippen LogP contribution is -2.34. The Hall–Kier alpha value is -1.92. The Bertz CT molecular complexity index is 431. The Morgan fingerprint density at radius 1 is 1.32 bits per heavy atom. The molecular weight excluding hydrogens is 261 g/mol. The molecule has 0 bridgehead atoms. The molecule has 0 saturated carbocycles. The van der Waals surface area contributed by atoms with Gasteiger partial charge in [-0.15, -0.1) is 13.2 Å². The fourth-order valence-corrected chi connectivity index (χ4v) is 1.48. The highest BCUT2D eigenvalue weighted by molar-refractivity contribution is 5.89. The summed E-state index contributed by atoms with van der Waals surface area (Å²) >= 11 is 0. The second-order valence-electron chi connectivity index (χ2n) is 3.68. The van der Waals surface area contributed by atoms with Crippen LogP contribution in [0.1, 0.15) is 13.8 Å². The van der Waals surface area contributed by atoms with E-state index in [4.69, 9.17) is 0 Å². The molecule has 19 heavy (non-hydrogen) atoms. The van der Waals surface area contributed by atoms with E-state index in [2.05, 4.69) is 10.1 Å². The topological polar surface area (TPSA) is 41.6 Å². The summed E-state index contributed by atoms with van der Waals surface area (Å²) < 4.78 is 39.9. The molecule has 0 aliphatic heterocycles. The predicted molar refractivity (Wildman–Crippen MR) is 65.1 cm³/mol. The number of carbonyl (C=O) groups excluding carboxylic acids is 1. The highest BCUT2D eigenvalue weighted by Gasteiger charge is 2.31. The average molecular weight is 276 g/mol. The van der Waals surface area contributed by atoms with Gasteiger partial charge in [-0.1, -0.05) is 6.07 Å². The van der Waals surface area contributed by atoms with Crippen molar-refractivity contribution in [2.45, 2.75) is 20.2 Å². The maximum atomic E-state index is 12.1. The van der Waals surface area contributed by atoms with Crippen molar-refractivity contribution >= 4 is 11.7 Å². The zero-order valence-electron chi connectivity index (χ0n) is 10.6. The van der Waals surface area contributed by atoms with Crippen LogP contribution in [-0.2, 0) is 0 Å². The van der Waals surface area contributed by atoms with Crippen LogP contribution in [-0.4, -0.2) is 30.4 Å². The molecule has 0 aliphatic carbocycles. The summed E-state index contributed by atoms with van der Waals surface area (Å²) in [4.78, 5) is 13.2. The number of benzene rings is 1. The van der Waals surface area contributed by atoms with Gasteiger partial charge in [0.2, 0.25) is 0 Å². The molecule has 7 heteroatoms. The van der Waals surface area contributed by atoms with Crippen LogP contribution in [0, 0.1) is 0 Å². The Kier molecular flexibility index (Phi) is 5.02. The Morgan fingerprint density at radius 2 is 1.95 bits per heavy atom. The molecule has 0 spiro atoms. The second-order valence-corrected chi connectivity index (χ2v) is 3.68. The lowest BCUT2D eigenvalue weighted by Gasteiger charge is -2.19. The van der Waals surface area contributed by atoms with Crippen LogP contribution < -0.4 is 10.1 Å². The Morgan fingerprint density at radius 3 is 2.47 bits per heavy atom. The molecule has 1 aromatic carbocycles. The largest absolute Gasteiger partial charge is 0.573 e. The van der Waals surface area contributed by atoms with Crippen molar-refractivity contribution in [3.63, 3.8) is 0 Å². The van der Waals surface area contributed by atoms with E-state index in [1.165, 1.54) is 23.1 Å². The smallest absolute Gasteiger partial charge is 0.406 e. The molecule has 0 saturated heterocycles. The zero-order chi connectivity index (χ0) is 14.5. The normalized spacial score (nSPS) is 11.0. The molecule has 0 radical (unpaired) electrons. The fraction of sp³-hybridized carbons (Fsp3) is 0.417. The molecule has 0 aliphatic rings. The number of amides is 2. The van der Waals surface area contributed by atoms with Crippen LogP contribution >= 0.6 is 0 Å². The quantitative estimate of drug-likeness (QED) is 0.915. The van der Waals surface area contributed by atoms with E-state index in [9.17, 15) is 18.0 Å². The maximum Gasteiger partial charge on any atom is 0.573 e. The molecular formula is C12H15F3N2O2. The minimum Gasteiger partial charge on any atom is -0.406 e. The van der Waals surface area contributed by atoms with Crippen LogP contribution in [0.25, 0.3) is 0 Å². The molecule has 0 aromatic heterocycles. The van der Waals surface area contributed by atoms with Gasteiger partial charge in [-0.05, 0) is 26.0 Å². The van der Waals surface area contributed by atoms with Crippen molar-refractivity contribution < 1.29 is 22.7 Å². The van der Waals surface area contributed by atoms with Gasteiger partial charge in [0.15, 0.2) is 0 Å². The Labute approximate surface area is 109 Å². The molecule has 1 N–H and O–H groups in total. The van der Waals surface area contributed by atoms with Crippen molar-refractivity contribution in [3.8, 4) is 5.75 Å². The molecule has 0 fully saturated rings. The van der Waals surface area contributed by atoms with Gasteiger partial charge in [-0.3, -0.25) is 0 Å². The Balaban J connectivity index is 2.74. The van der Waals surface area contributed by atoms with Gasteiger partial charge >= 0.3 is 12.4 Å². The minimum absolute atomic E-state index is 0.249. The third kappa shape index (κ3) is 5.07. The lowest BCUT2D eigenvalue weighted by molar-refractivity contribution is -0.274. The first-order valence-corrected chi connectivity index (χ1v) is 5.77. The number of ether oxygens (including phenoxy) is 1. The summed E-state index contributed by atoms with van der Waals surface area (Å²) in [7, 11) is 0. The molecule has 2 amide bonds. The molecule has 1 rings (SSSR count). The number of anilines is 1. The monoisotopic (exact) mass is 276 g/mol. The fourth-order valence-electron chi connectivity index (χ4n) is 1.48. The van der Waals surface area contributed by atoms with E-state index in [1.807, 2.05) is 13.8 Å². The predicted octanol–water partition coefficient (Wildman–Crippen LogP) is 3.46. The number of carbonyl (C=O) groups is 1. The van der Waals surface area contributed by atoms with E-state index in [0.717, 1.165) is 6.07 Å². The van der Waals surface area contributed by atoms with Crippen LogP contribution in [0.5, 0.6) is 5.75 Å². The third-order valence-corrected chi connectivity index (χ3v) is 2.37. The average Bonchev–Trinajstić information content (AvgIpc) is 2.28. The third-order valence-electron chi connectivity index (χ3n) is 2.37. The summed E-state index contributed by atoms with van der Waals surface area (Å²) in [5, 5.41) is 2.51. The molecule has 106 valence electrons. The summed E-state index contributed by atoms with van der Waals surface area (Å²) in [6, 6.07) is 4.79. The van der Waals surface area contributed by atoms with Crippen molar-refractivity contribution in [3.05, 3.63) is 24.3 Å². The number of hydrogen-bond acceptors (Lipinski definition) is 2. The summed E-state index contributed by atoms with van der Waals surface area (Å²) in [5.74, 6) is -0.371. The molecule has 4 nitrogen and oxygen atoms in total. The van der Waals surface area contributed by atoms with E-state index >= 15 is 0 Å². The molecule has 0 unspecified atom stereocenters. The number of rotatable bonds is 4. The molecule has 0 heterocycles. The van der Waals surface area contributed by atoms with Crippen molar-refractivity contribution in [1.82, 2.24) is 4.90 Å². The van der Waals surface area contributed by atoms with Gasteiger partial charge in [0.25, 0.3) is 0 Å². The van der Waals surface area contributed by atoms with E-state index in [0.29, 0.717) is 13.1 Å². The molecule has 0 atom stereocenters. The van der Waals surface area contributed by atoms with Gasteiger partial charge in [0, 0.05) is 24.8 Å². The number of hydrogen-bond donors (Lipinski definition) is 1. The van der Waals surface area contributed by atoms with Crippen molar-refractivity contribution in [2.24, 2.45) is 0 Å².